The predicted molar refractivity (Wildman–Crippen MR) is 142 cm³/mol. The molecule has 0 aliphatic carbocycles. The second-order valence-corrected chi connectivity index (χ2v) is 9.80. The fourth-order valence-corrected chi connectivity index (χ4v) is 4.69. The summed E-state index contributed by atoms with van der Waals surface area (Å²) in [6, 6.07) is 13.5. The normalized spacial score (nSPS) is 11.2. The van der Waals surface area contributed by atoms with E-state index >= 15 is 0 Å². The number of hydrogen-bond donors (Lipinski definition) is 1. The molecule has 5 aromatic rings. The van der Waals surface area contributed by atoms with Crippen LogP contribution in [0.3, 0.4) is 0 Å². The Morgan fingerprint density at radius 1 is 1.08 bits per heavy atom. The predicted octanol–water partition coefficient (Wildman–Crippen LogP) is 6.50. The maximum atomic E-state index is 13.4. The minimum absolute atomic E-state index is 0.0592. The topological polar surface area (TPSA) is 77.6 Å². The van der Waals surface area contributed by atoms with Gasteiger partial charge in [-0.05, 0) is 69.9 Å². The molecule has 1 amide bonds. The highest BCUT2D eigenvalue weighted by atomic mass is 79.9. The number of amides is 1. The van der Waals surface area contributed by atoms with Gasteiger partial charge in [-0.15, -0.1) is 0 Å². The molecule has 3 aromatic heterocycles. The molecule has 0 bridgehead atoms. The fraction of sp³-hybridized carbons (Fsp3) is 0.120. The highest BCUT2D eigenvalue weighted by molar-refractivity contribution is 9.10. The number of anilines is 1. The third-order valence-corrected chi connectivity index (χ3v) is 6.88. The molecule has 0 unspecified atom stereocenters. The van der Waals surface area contributed by atoms with Crippen LogP contribution in [0.4, 0.5) is 10.2 Å². The van der Waals surface area contributed by atoms with Gasteiger partial charge < -0.3 is 5.32 Å². The molecule has 3 heterocycles. The Kier molecular flexibility index (Phi) is 6.79. The number of nitrogens with zero attached hydrogens (tertiary/aromatic N) is 5. The van der Waals surface area contributed by atoms with Crippen molar-refractivity contribution in [3.8, 4) is 11.1 Å². The van der Waals surface area contributed by atoms with Gasteiger partial charge in [0.2, 0.25) is 5.91 Å². The van der Waals surface area contributed by atoms with Gasteiger partial charge in [0, 0.05) is 17.8 Å². The molecule has 1 N–H and O–H groups in total. The molecule has 7 nitrogen and oxygen atoms in total. The number of carbonyl (C=O) groups excluding carboxylic acids is 1. The number of fused-ring (bicyclic) bond motifs is 1. The molecule has 2 aromatic carbocycles. The van der Waals surface area contributed by atoms with Crippen molar-refractivity contribution in [2.24, 2.45) is 0 Å². The average Bonchev–Trinajstić information content (AvgIpc) is 3.35. The first-order valence-corrected chi connectivity index (χ1v) is 12.4. The summed E-state index contributed by atoms with van der Waals surface area (Å²) in [5, 5.41) is 13.6. The Bertz CT molecular complexity index is 1600. The Balaban J connectivity index is 1.35. The van der Waals surface area contributed by atoms with Crippen molar-refractivity contribution in [3.63, 3.8) is 0 Å². The molecule has 36 heavy (non-hydrogen) atoms. The number of pyridine rings is 1. The first kappa shape index (κ1) is 24.4. The molecule has 0 atom stereocenters. The zero-order chi connectivity index (χ0) is 25.4. The second kappa shape index (κ2) is 10.0. The SMILES string of the molecule is Cc1nn(CC(=O)Nc2nn(Cc3ccc(Cl)c(Cl)c3)cc2Br)c2nccc(-c3ccc(F)cc3)c12. The lowest BCUT2D eigenvalue weighted by molar-refractivity contribution is -0.116. The largest absolute Gasteiger partial charge is 0.307 e. The number of aryl methyl sites for hydroxylation is 1. The van der Waals surface area contributed by atoms with Crippen molar-refractivity contribution in [1.29, 1.82) is 0 Å². The fourth-order valence-electron chi connectivity index (χ4n) is 3.96. The minimum Gasteiger partial charge on any atom is -0.307 e. The molecule has 5 rings (SSSR count). The van der Waals surface area contributed by atoms with Crippen LogP contribution in [-0.2, 0) is 17.9 Å². The number of rotatable bonds is 6. The molecule has 0 spiro atoms. The van der Waals surface area contributed by atoms with Gasteiger partial charge in [0.15, 0.2) is 11.5 Å². The summed E-state index contributed by atoms with van der Waals surface area (Å²) in [5.41, 5.74) is 3.91. The van der Waals surface area contributed by atoms with Crippen LogP contribution in [-0.4, -0.2) is 30.5 Å². The Hall–Kier alpha value is -3.27. The quantitative estimate of drug-likeness (QED) is 0.246. The summed E-state index contributed by atoms with van der Waals surface area (Å²) in [4.78, 5) is 17.3. The summed E-state index contributed by atoms with van der Waals surface area (Å²) in [7, 11) is 0. The van der Waals surface area contributed by atoms with Crippen LogP contribution >= 0.6 is 39.1 Å². The summed E-state index contributed by atoms with van der Waals surface area (Å²) >= 11 is 15.5. The number of aromatic nitrogens is 5. The molecule has 0 radical (unpaired) electrons. The molecule has 0 saturated carbocycles. The maximum absolute atomic E-state index is 13.4. The van der Waals surface area contributed by atoms with Crippen LogP contribution in [0.5, 0.6) is 0 Å². The van der Waals surface area contributed by atoms with E-state index in [-0.39, 0.29) is 18.3 Å². The molecule has 0 aliphatic heterocycles. The number of carbonyl (C=O) groups is 1. The lowest BCUT2D eigenvalue weighted by atomic mass is 10.0. The van der Waals surface area contributed by atoms with Crippen molar-refractivity contribution in [2.45, 2.75) is 20.0 Å². The highest BCUT2D eigenvalue weighted by Crippen LogP contribution is 2.30. The van der Waals surface area contributed by atoms with E-state index in [0.29, 0.717) is 32.5 Å². The van der Waals surface area contributed by atoms with Gasteiger partial charge in [-0.3, -0.25) is 9.48 Å². The zero-order valence-electron chi connectivity index (χ0n) is 18.8. The molecular formula is C25H18BrCl2FN6O. The summed E-state index contributed by atoms with van der Waals surface area (Å²) in [5.74, 6) is -0.235. The zero-order valence-corrected chi connectivity index (χ0v) is 21.9. The van der Waals surface area contributed by atoms with Gasteiger partial charge in [-0.25, -0.2) is 14.1 Å². The van der Waals surface area contributed by atoms with Crippen LogP contribution < -0.4 is 5.32 Å². The van der Waals surface area contributed by atoms with Crippen molar-refractivity contribution in [1.82, 2.24) is 24.5 Å². The lowest BCUT2D eigenvalue weighted by Gasteiger charge is -2.06. The van der Waals surface area contributed by atoms with E-state index in [9.17, 15) is 9.18 Å². The van der Waals surface area contributed by atoms with Crippen LogP contribution in [0, 0.1) is 12.7 Å². The number of nitrogens with one attached hydrogen (secondary N) is 1. The average molecular weight is 588 g/mol. The molecule has 0 saturated heterocycles. The van der Waals surface area contributed by atoms with Gasteiger partial charge in [-0.2, -0.15) is 10.2 Å². The van der Waals surface area contributed by atoms with Gasteiger partial charge in [-0.1, -0.05) is 41.4 Å². The summed E-state index contributed by atoms with van der Waals surface area (Å²) in [6.07, 6.45) is 3.42. The van der Waals surface area contributed by atoms with Gasteiger partial charge in [0.05, 0.1) is 26.8 Å². The first-order valence-electron chi connectivity index (χ1n) is 10.8. The molecule has 0 aliphatic rings. The van der Waals surface area contributed by atoms with E-state index < -0.39 is 0 Å². The summed E-state index contributed by atoms with van der Waals surface area (Å²) in [6.45, 7) is 2.24. The third kappa shape index (κ3) is 5.00. The number of halogens is 4. The van der Waals surface area contributed by atoms with Crippen molar-refractivity contribution in [2.75, 3.05) is 5.32 Å². The molecule has 11 heteroatoms. The highest BCUT2D eigenvalue weighted by Gasteiger charge is 2.17. The van der Waals surface area contributed by atoms with Crippen molar-refractivity contribution >= 4 is 61.9 Å². The number of benzene rings is 2. The van der Waals surface area contributed by atoms with E-state index in [1.807, 2.05) is 19.1 Å². The third-order valence-electron chi connectivity index (χ3n) is 5.56. The standard InChI is InChI=1S/C25H18BrCl2FN6O/c1-14-23-18(16-3-5-17(29)6-4-16)8-9-30-25(23)35(32-14)13-22(36)31-24-19(26)12-34(33-24)11-15-2-7-20(27)21(28)10-15/h2-10,12H,11,13H2,1H3,(H,31,33,36). The van der Waals surface area contributed by atoms with Crippen LogP contribution in [0.25, 0.3) is 22.2 Å². The van der Waals surface area contributed by atoms with E-state index in [4.69, 9.17) is 23.2 Å². The maximum Gasteiger partial charge on any atom is 0.247 e. The van der Waals surface area contributed by atoms with Crippen LogP contribution in [0.2, 0.25) is 10.0 Å². The van der Waals surface area contributed by atoms with Gasteiger partial charge in [0.25, 0.3) is 0 Å². The monoisotopic (exact) mass is 586 g/mol. The van der Waals surface area contributed by atoms with E-state index in [1.54, 1.807) is 46.0 Å². The van der Waals surface area contributed by atoms with Gasteiger partial charge in [0.1, 0.15) is 12.4 Å². The summed E-state index contributed by atoms with van der Waals surface area (Å²) < 4.78 is 17.3. The van der Waals surface area contributed by atoms with Crippen LogP contribution in [0.1, 0.15) is 11.3 Å². The van der Waals surface area contributed by atoms with E-state index in [0.717, 1.165) is 27.8 Å². The Labute approximate surface area is 224 Å². The first-order chi connectivity index (χ1) is 17.3. The lowest BCUT2D eigenvalue weighted by Crippen LogP contribution is -2.20. The molecule has 0 fully saturated rings. The van der Waals surface area contributed by atoms with Crippen molar-refractivity contribution in [3.05, 3.63) is 92.5 Å². The van der Waals surface area contributed by atoms with Crippen LogP contribution in [0.15, 0.2) is 65.4 Å². The van der Waals surface area contributed by atoms with Gasteiger partial charge >= 0.3 is 0 Å². The van der Waals surface area contributed by atoms with Crippen molar-refractivity contribution < 1.29 is 9.18 Å². The molecular weight excluding hydrogens is 570 g/mol. The van der Waals surface area contributed by atoms with E-state index in [2.05, 4.69) is 36.4 Å². The second-order valence-electron chi connectivity index (χ2n) is 8.13. The smallest absolute Gasteiger partial charge is 0.247 e. The number of hydrogen-bond acceptors (Lipinski definition) is 4. The van der Waals surface area contributed by atoms with E-state index in [1.165, 1.54) is 12.1 Å². The minimum atomic E-state index is -0.311. The Morgan fingerprint density at radius 3 is 2.61 bits per heavy atom. The Morgan fingerprint density at radius 2 is 1.86 bits per heavy atom. The molecule has 182 valence electrons.